The first kappa shape index (κ1) is 24.3. The molecule has 8 heteroatoms. The second-order valence-electron chi connectivity index (χ2n) is 7.62. The highest BCUT2D eigenvalue weighted by atomic mass is 19.1. The van der Waals surface area contributed by atoms with Crippen LogP contribution in [0.4, 0.5) is 13.2 Å². The normalized spacial score (nSPS) is 12.4. The van der Waals surface area contributed by atoms with Gasteiger partial charge in [0.2, 0.25) is 0 Å². The largest absolute Gasteiger partial charge is 0.497 e. The van der Waals surface area contributed by atoms with Gasteiger partial charge in [-0.3, -0.25) is 9.78 Å². The fourth-order valence-corrected chi connectivity index (χ4v) is 3.59. The van der Waals surface area contributed by atoms with Crippen LogP contribution in [0.3, 0.4) is 0 Å². The number of hydrogen-bond donors (Lipinski definition) is 2. The maximum atomic E-state index is 14.4. The van der Waals surface area contributed by atoms with E-state index in [-0.39, 0.29) is 12.1 Å². The summed E-state index contributed by atoms with van der Waals surface area (Å²) in [7, 11) is 1.53. The zero-order chi connectivity index (χ0) is 23.8. The maximum Gasteiger partial charge on any atom is 0.307 e. The molecule has 5 nitrogen and oxygen atoms in total. The first-order chi connectivity index (χ1) is 15.9. The van der Waals surface area contributed by atoms with Gasteiger partial charge in [-0.25, -0.2) is 13.2 Å². The van der Waals surface area contributed by atoms with E-state index in [2.05, 4.69) is 10.3 Å². The van der Waals surface area contributed by atoms with Gasteiger partial charge in [-0.2, -0.15) is 0 Å². The van der Waals surface area contributed by atoms with Crippen molar-refractivity contribution in [3.8, 4) is 5.75 Å². The van der Waals surface area contributed by atoms with Crippen molar-refractivity contribution in [1.82, 2.24) is 10.3 Å². The highest BCUT2D eigenvalue weighted by Crippen LogP contribution is 2.26. The van der Waals surface area contributed by atoms with Gasteiger partial charge in [0.05, 0.1) is 24.7 Å². The number of nitrogens with zero attached hydrogens (tertiary/aromatic N) is 1. The predicted molar refractivity (Wildman–Crippen MR) is 121 cm³/mol. The molecule has 0 spiro atoms. The zero-order valence-electron chi connectivity index (χ0n) is 18.2. The Labute approximate surface area is 189 Å². The van der Waals surface area contributed by atoms with Crippen molar-refractivity contribution in [3.63, 3.8) is 0 Å². The fraction of sp³-hybridized carbons (Fsp3) is 0.280. The Bertz CT molecular complexity index is 1150. The summed E-state index contributed by atoms with van der Waals surface area (Å²) in [5, 5.41) is 13.2. The van der Waals surface area contributed by atoms with Crippen molar-refractivity contribution < 1.29 is 27.8 Å². The van der Waals surface area contributed by atoms with Crippen LogP contribution < -0.4 is 10.1 Å². The summed E-state index contributed by atoms with van der Waals surface area (Å²) in [5.74, 6) is -2.54. The second-order valence-corrected chi connectivity index (χ2v) is 7.62. The second kappa shape index (κ2) is 11.5. The lowest BCUT2D eigenvalue weighted by Gasteiger charge is -2.14. The molecular formula is C25H25F3N2O3. The number of fused-ring (bicyclic) bond motifs is 1. The molecule has 1 aromatic heterocycles. The number of ether oxygens (including phenoxy) is 1. The average molecular weight is 458 g/mol. The molecule has 0 bridgehead atoms. The van der Waals surface area contributed by atoms with Crippen molar-refractivity contribution in [3.05, 3.63) is 77.2 Å². The Balaban J connectivity index is 1.55. The molecule has 1 heterocycles. The van der Waals surface area contributed by atoms with Crippen LogP contribution in [0.15, 0.2) is 48.7 Å². The lowest BCUT2D eigenvalue weighted by atomic mass is 9.97. The quantitative estimate of drug-likeness (QED) is 0.396. The van der Waals surface area contributed by atoms with E-state index in [1.807, 2.05) is 0 Å². The molecular weight excluding hydrogens is 433 g/mol. The summed E-state index contributed by atoms with van der Waals surface area (Å²) in [6.07, 6.45) is 5.39. The number of halogens is 3. The molecule has 0 saturated carbocycles. The number of pyridine rings is 1. The highest BCUT2D eigenvalue weighted by molar-refractivity contribution is 5.83. The van der Waals surface area contributed by atoms with Gasteiger partial charge in [0.15, 0.2) is 0 Å². The molecule has 0 amide bonds. The van der Waals surface area contributed by atoms with Crippen molar-refractivity contribution in [1.29, 1.82) is 0 Å². The number of carboxylic acid groups (broad SMARTS) is 1. The van der Waals surface area contributed by atoms with Crippen molar-refractivity contribution >= 4 is 22.9 Å². The third-order valence-electron chi connectivity index (χ3n) is 5.37. The SMILES string of the molecule is COc1ccc2ncc(F)c(CCCC(CNCC=Cc3cc(F)ccc3F)C(=O)O)c2c1. The Morgan fingerprint density at radius 2 is 2.00 bits per heavy atom. The van der Waals surface area contributed by atoms with Crippen LogP contribution >= 0.6 is 0 Å². The third kappa shape index (κ3) is 6.55. The summed E-state index contributed by atoms with van der Waals surface area (Å²) >= 11 is 0. The van der Waals surface area contributed by atoms with Crippen LogP contribution in [0.2, 0.25) is 0 Å². The lowest BCUT2D eigenvalue weighted by Crippen LogP contribution is -2.28. The number of rotatable bonds is 11. The van der Waals surface area contributed by atoms with Crippen LogP contribution in [0.1, 0.15) is 24.0 Å². The molecule has 2 N–H and O–H groups in total. The van der Waals surface area contributed by atoms with Crippen LogP contribution in [0.5, 0.6) is 5.75 Å². The fourth-order valence-electron chi connectivity index (χ4n) is 3.59. The number of aryl methyl sites for hydroxylation is 1. The molecule has 2 aromatic carbocycles. The topological polar surface area (TPSA) is 71.5 Å². The minimum Gasteiger partial charge on any atom is -0.497 e. The van der Waals surface area contributed by atoms with Crippen molar-refractivity contribution in [2.75, 3.05) is 20.2 Å². The molecule has 33 heavy (non-hydrogen) atoms. The minimum atomic E-state index is -0.954. The number of hydrogen-bond acceptors (Lipinski definition) is 4. The zero-order valence-corrected chi connectivity index (χ0v) is 18.2. The monoisotopic (exact) mass is 458 g/mol. The van der Waals surface area contributed by atoms with Gasteiger partial charge in [0, 0.05) is 24.0 Å². The average Bonchev–Trinajstić information content (AvgIpc) is 2.80. The van der Waals surface area contributed by atoms with Gasteiger partial charge in [0.25, 0.3) is 0 Å². The van der Waals surface area contributed by atoms with Crippen LogP contribution in [0.25, 0.3) is 17.0 Å². The van der Waals surface area contributed by atoms with E-state index in [0.29, 0.717) is 48.0 Å². The molecule has 174 valence electrons. The van der Waals surface area contributed by atoms with Gasteiger partial charge in [-0.15, -0.1) is 0 Å². The van der Waals surface area contributed by atoms with Gasteiger partial charge < -0.3 is 15.2 Å². The molecule has 1 unspecified atom stereocenters. The van der Waals surface area contributed by atoms with Gasteiger partial charge in [0.1, 0.15) is 23.2 Å². The van der Waals surface area contributed by atoms with Crippen molar-refractivity contribution in [2.45, 2.75) is 19.3 Å². The van der Waals surface area contributed by atoms with Crippen molar-refractivity contribution in [2.24, 2.45) is 5.92 Å². The Morgan fingerprint density at radius 1 is 1.18 bits per heavy atom. The summed E-state index contributed by atoms with van der Waals surface area (Å²) < 4.78 is 46.4. The number of aliphatic carboxylic acids is 1. The molecule has 0 radical (unpaired) electrons. The minimum absolute atomic E-state index is 0.120. The number of methoxy groups -OCH3 is 1. The highest BCUT2D eigenvalue weighted by Gasteiger charge is 2.18. The van der Waals surface area contributed by atoms with E-state index in [4.69, 9.17) is 4.74 Å². The molecule has 0 aliphatic carbocycles. The first-order valence-corrected chi connectivity index (χ1v) is 10.5. The smallest absolute Gasteiger partial charge is 0.307 e. The molecule has 1 atom stereocenters. The van der Waals surface area contributed by atoms with E-state index >= 15 is 0 Å². The number of carbonyl (C=O) groups is 1. The molecule has 3 aromatic rings. The number of benzene rings is 2. The Morgan fingerprint density at radius 3 is 2.76 bits per heavy atom. The van der Waals surface area contributed by atoms with Crippen LogP contribution in [0, 0.1) is 23.4 Å². The van der Waals surface area contributed by atoms with Gasteiger partial charge in [-0.05, 0) is 61.2 Å². The Hall–Kier alpha value is -3.39. The van der Waals surface area contributed by atoms with E-state index < -0.39 is 29.3 Å². The van der Waals surface area contributed by atoms with E-state index in [1.54, 1.807) is 24.3 Å². The molecule has 0 fully saturated rings. The first-order valence-electron chi connectivity index (χ1n) is 10.5. The molecule has 0 aliphatic heterocycles. The van der Waals surface area contributed by atoms with Crippen LogP contribution in [-0.4, -0.2) is 36.3 Å². The summed E-state index contributed by atoms with van der Waals surface area (Å²) in [4.78, 5) is 15.7. The summed E-state index contributed by atoms with van der Waals surface area (Å²) in [6, 6.07) is 8.41. The van der Waals surface area contributed by atoms with Gasteiger partial charge >= 0.3 is 5.97 Å². The van der Waals surface area contributed by atoms with E-state index in [1.165, 1.54) is 19.4 Å². The summed E-state index contributed by atoms with van der Waals surface area (Å²) in [5.41, 5.74) is 1.25. The third-order valence-corrected chi connectivity index (χ3v) is 5.37. The molecule has 3 rings (SSSR count). The van der Waals surface area contributed by atoms with E-state index in [9.17, 15) is 23.1 Å². The number of nitrogens with one attached hydrogen (secondary N) is 1. The summed E-state index contributed by atoms with van der Waals surface area (Å²) in [6.45, 7) is 0.488. The predicted octanol–water partition coefficient (Wildman–Crippen LogP) is 4.99. The number of carboxylic acids is 1. The Kier molecular flexibility index (Phi) is 8.43. The lowest BCUT2D eigenvalue weighted by molar-refractivity contribution is -0.141. The standard InChI is InChI=1S/C25H25F3N2O3/c1-33-19-8-10-24-21(13-19)20(23(28)15-30-24)6-2-4-17(25(31)32)14-29-11-3-5-16-12-18(26)7-9-22(16)27/h3,5,7-10,12-13,15,17,29H,2,4,6,11,14H2,1H3,(H,31,32). The number of aromatic nitrogens is 1. The van der Waals surface area contributed by atoms with E-state index in [0.717, 1.165) is 18.2 Å². The van der Waals surface area contributed by atoms with Crippen LogP contribution in [-0.2, 0) is 11.2 Å². The molecule has 0 aliphatic rings. The van der Waals surface area contributed by atoms with Gasteiger partial charge in [-0.1, -0.05) is 12.2 Å². The maximum absolute atomic E-state index is 14.4. The molecule has 0 saturated heterocycles.